The maximum Gasteiger partial charge on any atom is 0.0986 e. The number of aromatic nitrogens is 2. The molecule has 3 heteroatoms. The van der Waals surface area contributed by atoms with Crippen LogP contribution in [0.4, 0.5) is 0 Å². The summed E-state index contributed by atoms with van der Waals surface area (Å²) in [7, 11) is 0. The summed E-state index contributed by atoms with van der Waals surface area (Å²) in [6.07, 6.45) is 8.53. The Kier molecular flexibility index (Phi) is 3.42. The molecule has 0 N–H and O–H groups in total. The molecule has 0 aliphatic carbocycles. The van der Waals surface area contributed by atoms with Gasteiger partial charge in [-0.15, -0.1) is 0 Å². The van der Waals surface area contributed by atoms with E-state index < -0.39 is 0 Å². The van der Waals surface area contributed by atoms with Crippen LogP contribution in [0.3, 0.4) is 0 Å². The van der Waals surface area contributed by atoms with Gasteiger partial charge in [0.2, 0.25) is 0 Å². The monoisotopic (exact) mass is 232 g/mol. The lowest BCUT2D eigenvalue weighted by Gasteiger charge is -2.05. The summed E-state index contributed by atoms with van der Waals surface area (Å²) in [4.78, 5) is 4.01. The number of rotatable bonds is 3. The smallest absolute Gasteiger partial charge is 0.0986 e. The molecule has 0 saturated heterocycles. The van der Waals surface area contributed by atoms with Gasteiger partial charge in [-0.25, -0.2) is 4.98 Å². The van der Waals surface area contributed by atoms with E-state index in [-0.39, 0.29) is 0 Å². The zero-order valence-corrected chi connectivity index (χ0v) is 9.85. The molecule has 2 aromatic rings. The Morgan fingerprint density at radius 1 is 1.38 bits per heavy atom. The summed E-state index contributed by atoms with van der Waals surface area (Å²) in [5, 5.41) is 0.766. The summed E-state index contributed by atoms with van der Waals surface area (Å²) in [6.45, 7) is 2.14. The van der Waals surface area contributed by atoms with Crippen LogP contribution in [0, 0.1) is 0 Å². The highest BCUT2D eigenvalue weighted by molar-refractivity contribution is 6.30. The molecule has 2 rings (SSSR count). The summed E-state index contributed by atoms with van der Waals surface area (Å²) < 4.78 is 1.95. The fourth-order valence-electron chi connectivity index (χ4n) is 1.56. The van der Waals surface area contributed by atoms with E-state index in [0.717, 1.165) is 11.4 Å². The molecule has 0 amide bonds. The van der Waals surface area contributed by atoms with Crippen molar-refractivity contribution < 1.29 is 0 Å². The van der Waals surface area contributed by atoms with E-state index in [4.69, 9.17) is 11.6 Å². The van der Waals surface area contributed by atoms with Crippen LogP contribution in [0.2, 0.25) is 5.02 Å². The minimum absolute atomic E-state index is 0.766. The molecule has 0 aliphatic heterocycles. The fraction of sp³-hybridized carbons (Fsp3) is 0.154. The fourth-order valence-corrected chi connectivity index (χ4v) is 1.69. The number of hydrogen-bond donors (Lipinski definition) is 0. The molecule has 0 spiro atoms. The normalized spacial score (nSPS) is 11.8. The maximum atomic E-state index is 5.87. The van der Waals surface area contributed by atoms with Crippen LogP contribution >= 0.6 is 11.6 Å². The van der Waals surface area contributed by atoms with Crippen molar-refractivity contribution in [3.8, 4) is 0 Å². The molecule has 1 aromatic carbocycles. The van der Waals surface area contributed by atoms with Crippen LogP contribution in [0.5, 0.6) is 0 Å². The van der Waals surface area contributed by atoms with E-state index >= 15 is 0 Å². The van der Waals surface area contributed by atoms with E-state index in [1.165, 1.54) is 11.1 Å². The summed E-state index contributed by atoms with van der Waals surface area (Å²) in [5.74, 6) is 0. The van der Waals surface area contributed by atoms with E-state index in [1.54, 1.807) is 12.5 Å². The van der Waals surface area contributed by atoms with Crippen molar-refractivity contribution in [3.05, 3.63) is 53.6 Å². The van der Waals surface area contributed by atoms with Crippen LogP contribution in [0.1, 0.15) is 18.9 Å². The Hall–Kier alpha value is -1.54. The minimum Gasteiger partial charge on any atom is -0.313 e. The van der Waals surface area contributed by atoms with Gasteiger partial charge < -0.3 is 4.57 Å². The molecule has 0 bridgehead atoms. The zero-order chi connectivity index (χ0) is 11.4. The number of allylic oxidation sites excluding steroid dienone is 1. The quantitative estimate of drug-likeness (QED) is 0.784. The van der Waals surface area contributed by atoms with Gasteiger partial charge in [0.15, 0.2) is 0 Å². The average Bonchev–Trinajstić information content (AvgIpc) is 2.80. The Morgan fingerprint density at radius 3 is 2.69 bits per heavy atom. The van der Waals surface area contributed by atoms with Crippen LogP contribution in [0.15, 0.2) is 43.0 Å². The lowest BCUT2D eigenvalue weighted by Crippen LogP contribution is -1.87. The van der Waals surface area contributed by atoms with E-state index in [0.29, 0.717) is 0 Å². The third-order valence-electron chi connectivity index (χ3n) is 2.43. The molecule has 82 valence electrons. The average molecular weight is 233 g/mol. The molecular weight excluding hydrogens is 220 g/mol. The minimum atomic E-state index is 0.766. The van der Waals surface area contributed by atoms with Gasteiger partial charge in [-0.3, -0.25) is 0 Å². The lowest BCUT2D eigenvalue weighted by molar-refractivity contribution is 1.12. The van der Waals surface area contributed by atoms with Crippen molar-refractivity contribution in [1.29, 1.82) is 0 Å². The SMILES string of the molecule is CCC(=Cn1ccnc1)c1ccc(Cl)cc1. The van der Waals surface area contributed by atoms with E-state index in [9.17, 15) is 0 Å². The second-order valence-corrected chi connectivity index (χ2v) is 3.96. The van der Waals surface area contributed by atoms with Crippen LogP contribution in [-0.2, 0) is 0 Å². The van der Waals surface area contributed by atoms with E-state index in [1.807, 2.05) is 35.0 Å². The van der Waals surface area contributed by atoms with Gasteiger partial charge in [-0.05, 0) is 29.7 Å². The summed E-state index contributed by atoms with van der Waals surface area (Å²) >= 11 is 5.87. The van der Waals surface area contributed by atoms with Crippen molar-refractivity contribution >= 4 is 23.4 Å². The van der Waals surface area contributed by atoms with Gasteiger partial charge in [0.25, 0.3) is 0 Å². The summed E-state index contributed by atoms with van der Waals surface area (Å²) in [5.41, 5.74) is 2.45. The molecule has 0 aliphatic rings. The van der Waals surface area contributed by atoms with Crippen LogP contribution in [-0.4, -0.2) is 9.55 Å². The Morgan fingerprint density at radius 2 is 2.12 bits per heavy atom. The molecule has 2 nitrogen and oxygen atoms in total. The van der Waals surface area contributed by atoms with Crippen molar-refractivity contribution in [2.24, 2.45) is 0 Å². The number of nitrogens with zero attached hydrogens (tertiary/aromatic N) is 2. The van der Waals surface area contributed by atoms with Gasteiger partial charge >= 0.3 is 0 Å². The third-order valence-corrected chi connectivity index (χ3v) is 2.68. The van der Waals surface area contributed by atoms with Crippen LogP contribution in [0.25, 0.3) is 11.8 Å². The zero-order valence-electron chi connectivity index (χ0n) is 9.10. The van der Waals surface area contributed by atoms with Gasteiger partial charge in [0.1, 0.15) is 0 Å². The predicted molar refractivity (Wildman–Crippen MR) is 68.1 cm³/mol. The predicted octanol–water partition coefficient (Wildman–Crippen LogP) is 3.94. The van der Waals surface area contributed by atoms with Crippen molar-refractivity contribution in [1.82, 2.24) is 9.55 Å². The molecule has 0 radical (unpaired) electrons. The standard InChI is InChI=1S/C13H13ClN2/c1-2-11(9-16-8-7-15-10-16)12-3-5-13(14)6-4-12/h3-10H,2H2,1H3. The van der Waals surface area contributed by atoms with Crippen molar-refractivity contribution in [3.63, 3.8) is 0 Å². The van der Waals surface area contributed by atoms with Gasteiger partial charge in [0, 0.05) is 23.6 Å². The van der Waals surface area contributed by atoms with Crippen molar-refractivity contribution in [2.45, 2.75) is 13.3 Å². The summed E-state index contributed by atoms with van der Waals surface area (Å²) in [6, 6.07) is 7.89. The molecule has 16 heavy (non-hydrogen) atoms. The van der Waals surface area contributed by atoms with Gasteiger partial charge in [-0.2, -0.15) is 0 Å². The Labute approximate surface area is 100 Å². The molecule has 0 fully saturated rings. The van der Waals surface area contributed by atoms with Crippen molar-refractivity contribution in [2.75, 3.05) is 0 Å². The largest absolute Gasteiger partial charge is 0.313 e. The highest BCUT2D eigenvalue weighted by atomic mass is 35.5. The number of imidazole rings is 1. The second kappa shape index (κ2) is 4.99. The Bertz CT molecular complexity index is 469. The number of halogens is 1. The first-order valence-electron chi connectivity index (χ1n) is 5.23. The lowest BCUT2D eigenvalue weighted by atomic mass is 10.1. The van der Waals surface area contributed by atoms with E-state index in [2.05, 4.69) is 18.1 Å². The van der Waals surface area contributed by atoms with Gasteiger partial charge in [-0.1, -0.05) is 30.7 Å². The molecule has 0 unspecified atom stereocenters. The molecule has 1 heterocycles. The molecule has 0 saturated carbocycles. The molecule has 0 atom stereocenters. The number of benzene rings is 1. The van der Waals surface area contributed by atoms with Crippen LogP contribution < -0.4 is 0 Å². The van der Waals surface area contributed by atoms with Gasteiger partial charge in [0.05, 0.1) is 6.33 Å². The topological polar surface area (TPSA) is 17.8 Å². The first kappa shape index (κ1) is 11.0. The first-order chi connectivity index (χ1) is 7.79. The molecular formula is C13H13ClN2. The highest BCUT2D eigenvalue weighted by Gasteiger charge is 1.99. The first-order valence-corrected chi connectivity index (χ1v) is 5.61. The molecule has 1 aromatic heterocycles. The Balaban J connectivity index is 2.32. The second-order valence-electron chi connectivity index (χ2n) is 3.52. The maximum absolute atomic E-state index is 5.87. The highest BCUT2D eigenvalue weighted by Crippen LogP contribution is 2.20. The number of hydrogen-bond acceptors (Lipinski definition) is 1. The third kappa shape index (κ3) is 2.52.